The van der Waals surface area contributed by atoms with Crippen molar-refractivity contribution in [1.29, 1.82) is 0 Å². The van der Waals surface area contributed by atoms with Crippen LogP contribution in [0.4, 0.5) is 0 Å². The maximum absolute atomic E-state index is 12.3. The molecule has 0 radical (unpaired) electrons. The summed E-state index contributed by atoms with van der Waals surface area (Å²) in [6.45, 7) is 1.69. The summed E-state index contributed by atoms with van der Waals surface area (Å²) >= 11 is 0. The largest absolute Gasteiger partial charge is 0.454 e. The van der Waals surface area contributed by atoms with Crippen molar-refractivity contribution in [3.05, 3.63) is 76.5 Å². The standard InChI is InChI=1S/C20H17N3O3/c1-12(19-22-17-9-5-3-7-15(17)20(25)23-19)26-18(24)10-13-11-21-16-8-4-2-6-14(13)16/h2-9,11-12,21H,10H2,1H3,(H,22,23,25)/t12-/m0/s1. The van der Waals surface area contributed by atoms with Crippen LogP contribution in [0.1, 0.15) is 24.4 Å². The quantitative estimate of drug-likeness (QED) is 0.555. The summed E-state index contributed by atoms with van der Waals surface area (Å²) in [6, 6.07) is 14.8. The Kier molecular flexibility index (Phi) is 4.01. The van der Waals surface area contributed by atoms with Crippen LogP contribution in [0.15, 0.2) is 59.5 Å². The van der Waals surface area contributed by atoms with E-state index < -0.39 is 6.10 Å². The average molecular weight is 347 g/mol. The predicted molar refractivity (Wildman–Crippen MR) is 98.9 cm³/mol. The average Bonchev–Trinajstić information content (AvgIpc) is 3.04. The molecule has 0 fully saturated rings. The molecule has 4 rings (SSSR count). The first-order chi connectivity index (χ1) is 12.6. The fourth-order valence-electron chi connectivity index (χ4n) is 3.03. The summed E-state index contributed by atoms with van der Waals surface area (Å²) in [5.41, 5.74) is 2.18. The van der Waals surface area contributed by atoms with Gasteiger partial charge in [-0.2, -0.15) is 0 Å². The molecule has 0 aliphatic carbocycles. The number of para-hydroxylation sites is 2. The molecular weight excluding hydrogens is 330 g/mol. The van der Waals surface area contributed by atoms with Gasteiger partial charge in [-0.25, -0.2) is 4.98 Å². The number of rotatable bonds is 4. The number of benzene rings is 2. The highest BCUT2D eigenvalue weighted by Crippen LogP contribution is 2.20. The first kappa shape index (κ1) is 16.1. The second-order valence-electron chi connectivity index (χ2n) is 6.14. The number of aromatic amines is 2. The van der Waals surface area contributed by atoms with Crippen LogP contribution in [0, 0.1) is 0 Å². The highest BCUT2D eigenvalue weighted by molar-refractivity contribution is 5.87. The Hall–Kier alpha value is -3.41. The van der Waals surface area contributed by atoms with Crippen molar-refractivity contribution in [2.45, 2.75) is 19.4 Å². The molecule has 0 bridgehead atoms. The molecule has 1 atom stereocenters. The van der Waals surface area contributed by atoms with E-state index in [1.54, 1.807) is 25.1 Å². The van der Waals surface area contributed by atoms with Crippen LogP contribution in [0.5, 0.6) is 0 Å². The Labute approximate surface area is 148 Å². The van der Waals surface area contributed by atoms with Crippen LogP contribution in [0.2, 0.25) is 0 Å². The number of esters is 1. The van der Waals surface area contributed by atoms with Crippen molar-refractivity contribution in [3.8, 4) is 0 Å². The lowest BCUT2D eigenvalue weighted by Crippen LogP contribution is -2.18. The van der Waals surface area contributed by atoms with Gasteiger partial charge < -0.3 is 14.7 Å². The number of nitrogens with zero attached hydrogens (tertiary/aromatic N) is 1. The van der Waals surface area contributed by atoms with E-state index in [2.05, 4.69) is 15.0 Å². The first-order valence-electron chi connectivity index (χ1n) is 8.35. The fourth-order valence-corrected chi connectivity index (χ4v) is 3.03. The molecule has 0 saturated heterocycles. The van der Waals surface area contributed by atoms with Crippen molar-refractivity contribution < 1.29 is 9.53 Å². The molecule has 0 spiro atoms. The summed E-state index contributed by atoms with van der Waals surface area (Å²) in [5, 5.41) is 1.50. The van der Waals surface area contributed by atoms with Gasteiger partial charge in [0.25, 0.3) is 5.56 Å². The summed E-state index contributed by atoms with van der Waals surface area (Å²) < 4.78 is 5.48. The summed E-state index contributed by atoms with van der Waals surface area (Å²) in [6.07, 6.45) is 1.31. The Morgan fingerprint density at radius 3 is 2.69 bits per heavy atom. The van der Waals surface area contributed by atoms with E-state index in [1.165, 1.54) is 0 Å². The molecule has 0 saturated carbocycles. The molecule has 2 heterocycles. The first-order valence-corrected chi connectivity index (χ1v) is 8.35. The third-order valence-corrected chi connectivity index (χ3v) is 4.33. The van der Waals surface area contributed by atoms with Gasteiger partial charge in [-0.1, -0.05) is 30.3 Å². The highest BCUT2D eigenvalue weighted by Gasteiger charge is 2.17. The number of carbonyl (C=O) groups is 1. The molecule has 2 aromatic carbocycles. The maximum Gasteiger partial charge on any atom is 0.311 e. The molecule has 0 unspecified atom stereocenters. The van der Waals surface area contributed by atoms with Crippen molar-refractivity contribution in [1.82, 2.24) is 15.0 Å². The molecular formula is C20H17N3O3. The summed E-state index contributed by atoms with van der Waals surface area (Å²) in [4.78, 5) is 34.7. The molecule has 0 amide bonds. The van der Waals surface area contributed by atoms with Crippen molar-refractivity contribution in [3.63, 3.8) is 0 Å². The number of H-pyrrole nitrogens is 2. The van der Waals surface area contributed by atoms with Gasteiger partial charge in [-0.05, 0) is 30.7 Å². The number of aromatic nitrogens is 3. The molecule has 2 aromatic heterocycles. The topological polar surface area (TPSA) is 87.8 Å². The van der Waals surface area contributed by atoms with Gasteiger partial charge in [-0.15, -0.1) is 0 Å². The second-order valence-corrected chi connectivity index (χ2v) is 6.14. The molecule has 0 aliphatic heterocycles. The van der Waals surface area contributed by atoms with Crippen LogP contribution in [-0.2, 0) is 16.0 Å². The van der Waals surface area contributed by atoms with E-state index >= 15 is 0 Å². The number of carbonyl (C=O) groups excluding carboxylic acids is 1. The SMILES string of the molecule is C[C@H](OC(=O)Cc1c[nH]c2ccccc12)c1nc2ccccc2c(=O)[nH]1. The van der Waals surface area contributed by atoms with E-state index in [4.69, 9.17) is 4.74 Å². The van der Waals surface area contributed by atoms with Gasteiger partial charge in [0.1, 0.15) is 0 Å². The normalized spacial score (nSPS) is 12.3. The lowest BCUT2D eigenvalue weighted by Gasteiger charge is -2.13. The van der Waals surface area contributed by atoms with Gasteiger partial charge in [0, 0.05) is 17.1 Å². The Morgan fingerprint density at radius 2 is 1.85 bits per heavy atom. The molecule has 2 N–H and O–H groups in total. The summed E-state index contributed by atoms with van der Waals surface area (Å²) in [5.74, 6) is -0.0426. The molecule has 26 heavy (non-hydrogen) atoms. The van der Waals surface area contributed by atoms with E-state index in [9.17, 15) is 9.59 Å². The van der Waals surface area contributed by atoms with E-state index in [-0.39, 0.29) is 17.9 Å². The Balaban J connectivity index is 1.53. The van der Waals surface area contributed by atoms with Gasteiger partial charge >= 0.3 is 5.97 Å². The summed E-state index contributed by atoms with van der Waals surface area (Å²) in [7, 11) is 0. The van der Waals surface area contributed by atoms with Crippen LogP contribution in [0.3, 0.4) is 0 Å². The lowest BCUT2D eigenvalue weighted by atomic mass is 10.1. The highest BCUT2D eigenvalue weighted by atomic mass is 16.5. The minimum absolute atomic E-state index is 0.145. The molecule has 130 valence electrons. The van der Waals surface area contributed by atoms with Gasteiger partial charge in [0.15, 0.2) is 11.9 Å². The maximum atomic E-state index is 12.3. The van der Waals surface area contributed by atoms with Gasteiger partial charge in [-0.3, -0.25) is 9.59 Å². The van der Waals surface area contributed by atoms with Crippen molar-refractivity contribution >= 4 is 27.8 Å². The minimum Gasteiger partial charge on any atom is -0.454 e. The van der Waals surface area contributed by atoms with Crippen molar-refractivity contribution in [2.75, 3.05) is 0 Å². The zero-order chi connectivity index (χ0) is 18.1. The fraction of sp³-hybridized carbons (Fsp3) is 0.150. The molecule has 0 aliphatic rings. The van der Waals surface area contributed by atoms with Crippen LogP contribution >= 0.6 is 0 Å². The Bertz CT molecular complexity index is 1160. The van der Waals surface area contributed by atoms with E-state index in [0.29, 0.717) is 16.7 Å². The molecule has 4 aromatic rings. The number of nitrogens with one attached hydrogen (secondary N) is 2. The number of hydrogen-bond donors (Lipinski definition) is 2. The smallest absolute Gasteiger partial charge is 0.311 e. The molecule has 6 nitrogen and oxygen atoms in total. The third kappa shape index (κ3) is 2.97. The zero-order valence-electron chi connectivity index (χ0n) is 14.2. The van der Waals surface area contributed by atoms with Crippen LogP contribution < -0.4 is 5.56 Å². The third-order valence-electron chi connectivity index (χ3n) is 4.33. The minimum atomic E-state index is -0.648. The van der Waals surface area contributed by atoms with Gasteiger partial charge in [0.05, 0.1) is 17.3 Å². The number of ether oxygens (including phenoxy) is 1. The zero-order valence-corrected chi connectivity index (χ0v) is 14.2. The van der Waals surface area contributed by atoms with Gasteiger partial charge in [0.2, 0.25) is 0 Å². The van der Waals surface area contributed by atoms with Crippen LogP contribution in [-0.4, -0.2) is 20.9 Å². The monoisotopic (exact) mass is 347 g/mol. The number of fused-ring (bicyclic) bond motifs is 2. The van der Waals surface area contributed by atoms with E-state index in [1.807, 2.05) is 36.5 Å². The predicted octanol–water partition coefficient (Wildman–Crippen LogP) is 3.25. The number of hydrogen-bond acceptors (Lipinski definition) is 4. The Morgan fingerprint density at radius 1 is 1.12 bits per heavy atom. The van der Waals surface area contributed by atoms with Crippen LogP contribution in [0.25, 0.3) is 21.8 Å². The van der Waals surface area contributed by atoms with Crippen molar-refractivity contribution in [2.24, 2.45) is 0 Å². The lowest BCUT2D eigenvalue weighted by molar-refractivity contribution is -0.148. The second kappa shape index (κ2) is 6.48. The molecule has 6 heteroatoms. The van der Waals surface area contributed by atoms with E-state index in [0.717, 1.165) is 16.5 Å².